The Bertz CT molecular complexity index is 284. The van der Waals surface area contributed by atoms with Gasteiger partial charge in [0.25, 0.3) is 0 Å². The van der Waals surface area contributed by atoms with Gasteiger partial charge in [-0.3, -0.25) is 4.90 Å². The summed E-state index contributed by atoms with van der Waals surface area (Å²) in [6.45, 7) is 5.17. The van der Waals surface area contributed by atoms with E-state index in [9.17, 15) is 0 Å². The Labute approximate surface area is 99.5 Å². The zero-order valence-electron chi connectivity index (χ0n) is 10.7. The van der Waals surface area contributed by atoms with E-state index >= 15 is 0 Å². The molecule has 2 heteroatoms. The third kappa shape index (κ3) is 3.32. The lowest BCUT2D eigenvalue weighted by Crippen LogP contribution is -2.36. The fourth-order valence-electron chi connectivity index (χ4n) is 2.14. The zero-order valence-corrected chi connectivity index (χ0v) is 10.7. The molecule has 1 aromatic carbocycles. The summed E-state index contributed by atoms with van der Waals surface area (Å²) in [5.74, 6) is 0. The standard InChI is InChI=1S/C14H24N2/c1-4-8-12(2)16(3)14(11-15)13-9-6-5-7-10-13/h5-7,9-10,12,14H,4,8,11,15H2,1-3H3. The maximum absolute atomic E-state index is 5.90. The molecular weight excluding hydrogens is 196 g/mol. The molecule has 2 atom stereocenters. The number of rotatable bonds is 6. The molecule has 0 bridgehead atoms. The van der Waals surface area contributed by atoms with Crippen molar-refractivity contribution in [1.29, 1.82) is 0 Å². The van der Waals surface area contributed by atoms with Crippen molar-refractivity contribution in [3.63, 3.8) is 0 Å². The average Bonchev–Trinajstić information content (AvgIpc) is 2.31. The number of hydrogen-bond acceptors (Lipinski definition) is 2. The van der Waals surface area contributed by atoms with Crippen LogP contribution in [0.4, 0.5) is 0 Å². The summed E-state index contributed by atoms with van der Waals surface area (Å²) < 4.78 is 0. The van der Waals surface area contributed by atoms with Gasteiger partial charge in [-0.2, -0.15) is 0 Å². The minimum Gasteiger partial charge on any atom is -0.329 e. The van der Waals surface area contributed by atoms with Crippen LogP contribution in [0.3, 0.4) is 0 Å². The van der Waals surface area contributed by atoms with E-state index in [-0.39, 0.29) is 0 Å². The molecule has 0 heterocycles. The van der Waals surface area contributed by atoms with E-state index in [2.05, 4.69) is 50.1 Å². The maximum atomic E-state index is 5.90. The van der Waals surface area contributed by atoms with Crippen molar-refractivity contribution in [3.05, 3.63) is 35.9 Å². The largest absolute Gasteiger partial charge is 0.329 e. The normalized spacial score (nSPS) is 15.1. The summed E-state index contributed by atoms with van der Waals surface area (Å²) in [5.41, 5.74) is 7.21. The van der Waals surface area contributed by atoms with Gasteiger partial charge in [-0.15, -0.1) is 0 Å². The van der Waals surface area contributed by atoms with Crippen molar-refractivity contribution < 1.29 is 0 Å². The molecular formula is C14H24N2. The van der Waals surface area contributed by atoms with Gasteiger partial charge in [-0.25, -0.2) is 0 Å². The van der Waals surface area contributed by atoms with Gasteiger partial charge in [-0.1, -0.05) is 43.7 Å². The van der Waals surface area contributed by atoms with E-state index in [0.717, 1.165) is 0 Å². The van der Waals surface area contributed by atoms with Crippen LogP contribution in [0.1, 0.15) is 38.3 Å². The van der Waals surface area contributed by atoms with Crippen LogP contribution in [-0.2, 0) is 0 Å². The SMILES string of the molecule is CCCC(C)N(C)C(CN)c1ccccc1. The van der Waals surface area contributed by atoms with E-state index < -0.39 is 0 Å². The van der Waals surface area contributed by atoms with Gasteiger partial charge in [0.1, 0.15) is 0 Å². The Hall–Kier alpha value is -0.860. The van der Waals surface area contributed by atoms with Crippen molar-refractivity contribution in [2.75, 3.05) is 13.6 Å². The summed E-state index contributed by atoms with van der Waals surface area (Å²) in [6.07, 6.45) is 2.44. The number of nitrogens with zero attached hydrogens (tertiary/aromatic N) is 1. The van der Waals surface area contributed by atoms with E-state index in [1.165, 1.54) is 18.4 Å². The molecule has 0 aromatic heterocycles. The molecule has 1 aromatic rings. The van der Waals surface area contributed by atoms with Gasteiger partial charge in [0.15, 0.2) is 0 Å². The molecule has 0 saturated carbocycles. The van der Waals surface area contributed by atoms with Gasteiger partial charge >= 0.3 is 0 Å². The van der Waals surface area contributed by atoms with Crippen molar-refractivity contribution >= 4 is 0 Å². The lowest BCUT2D eigenvalue weighted by atomic mass is 10.0. The predicted octanol–water partition coefficient (Wildman–Crippen LogP) is 2.81. The van der Waals surface area contributed by atoms with Crippen molar-refractivity contribution in [2.45, 2.75) is 38.8 Å². The topological polar surface area (TPSA) is 29.3 Å². The highest BCUT2D eigenvalue weighted by Gasteiger charge is 2.19. The molecule has 16 heavy (non-hydrogen) atoms. The van der Waals surface area contributed by atoms with Crippen LogP contribution in [-0.4, -0.2) is 24.5 Å². The Balaban J connectivity index is 2.74. The second-order valence-corrected chi connectivity index (χ2v) is 4.47. The number of hydrogen-bond donors (Lipinski definition) is 1. The number of nitrogens with two attached hydrogens (primary N) is 1. The third-order valence-electron chi connectivity index (χ3n) is 3.30. The Morgan fingerprint density at radius 2 is 1.88 bits per heavy atom. The van der Waals surface area contributed by atoms with E-state index in [1.54, 1.807) is 0 Å². The molecule has 0 spiro atoms. The lowest BCUT2D eigenvalue weighted by molar-refractivity contribution is 0.180. The van der Waals surface area contributed by atoms with Crippen LogP contribution < -0.4 is 5.73 Å². The molecule has 0 aliphatic carbocycles. The minimum atomic E-state index is 0.336. The molecule has 2 unspecified atom stereocenters. The fraction of sp³-hybridized carbons (Fsp3) is 0.571. The van der Waals surface area contributed by atoms with Crippen LogP contribution in [0.5, 0.6) is 0 Å². The first-order valence-corrected chi connectivity index (χ1v) is 6.17. The van der Waals surface area contributed by atoms with Crippen LogP contribution in [0.25, 0.3) is 0 Å². The highest BCUT2D eigenvalue weighted by molar-refractivity contribution is 5.19. The van der Waals surface area contributed by atoms with E-state index in [0.29, 0.717) is 18.6 Å². The molecule has 90 valence electrons. The van der Waals surface area contributed by atoms with Crippen molar-refractivity contribution in [1.82, 2.24) is 4.90 Å². The van der Waals surface area contributed by atoms with Gasteiger partial charge in [-0.05, 0) is 26.0 Å². The first kappa shape index (κ1) is 13.2. The zero-order chi connectivity index (χ0) is 12.0. The molecule has 0 fully saturated rings. The van der Waals surface area contributed by atoms with Gasteiger partial charge < -0.3 is 5.73 Å². The van der Waals surface area contributed by atoms with Gasteiger partial charge in [0.2, 0.25) is 0 Å². The van der Waals surface area contributed by atoms with Crippen LogP contribution in [0.2, 0.25) is 0 Å². The summed E-state index contributed by atoms with van der Waals surface area (Å²) >= 11 is 0. The predicted molar refractivity (Wildman–Crippen MR) is 70.4 cm³/mol. The first-order valence-electron chi connectivity index (χ1n) is 6.17. The molecule has 0 radical (unpaired) electrons. The second-order valence-electron chi connectivity index (χ2n) is 4.47. The highest BCUT2D eigenvalue weighted by atomic mass is 15.2. The average molecular weight is 220 g/mol. The van der Waals surface area contributed by atoms with Gasteiger partial charge in [0.05, 0.1) is 0 Å². The fourth-order valence-corrected chi connectivity index (χ4v) is 2.14. The number of benzene rings is 1. The Morgan fingerprint density at radius 3 is 2.38 bits per heavy atom. The lowest BCUT2D eigenvalue weighted by Gasteiger charge is -2.32. The summed E-state index contributed by atoms with van der Waals surface area (Å²) in [4.78, 5) is 2.39. The highest BCUT2D eigenvalue weighted by Crippen LogP contribution is 2.21. The smallest absolute Gasteiger partial charge is 0.0470 e. The Kier molecular flexibility index (Phi) is 5.50. The quantitative estimate of drug-likeness (QED) is 0.798. The molecule has 2 N–H and O–H groups in total. The van der Waals surface area contributed by atoms with Crippen molar-refractivity contribution in [3.8, 4) is 0 Å². The third-order valence-corrected chi connectivity index (χ3v) is 3.30. The molecule has 0 saturated heterocycles. The van der Waals surface area contributed by atoms with Gasteiger partial charge in [0, 0.05) is 18.6 Å². The van der Waals surface area contributed by atoms with Crippen LogP contribution in [0.15, 0.2) is 30.3 Å². The minimum absolute atomic E-state index is 0.336. The molecule has 1 rings (SSSR count). The van der Waals surface area contributed by atoms with E-state index in [4.69, 9.17) is 5.73 Å². The summed E-state index contributed by atoms with van der Waals surface area (Å²) in [6, 6.07) is 11.4. The summed E-state index contributed by atoms with van der Waals surface area (Å²) in [7, 11) is 2.17. The summed E-state index contributed by atoms with van der Waals surface area (Å²) in [5, 5.41) is 0. The maximum Gasteiger partial charge on any atom is 0.0470 e. The van der Waals surface area contributed by atoms with Crippen LogP contribution in [0, 0.1) is 0 Å². The van der Waals surface area contributed by atoms with Crippen LogP contribution >= 0.6 is 0 Å². The molecule has 0 amide bonds. The second kappa shape index (κ2) is 6.66. The number of likely N-dealkylation sites (N-methyl/N-ethyl adjacent to an activating group) is 1. The molecule has 2 nitrogen and oxygen atoms in total. The van der Waals surface area contributed by atoms with Crippen molar-refractivity contribution in [2.24, 2.45) is 5.73 Å². The first-order chi connectivity index (χ1) is 7.70. The Morgan fingerprint density at radius 1 is 1.25 bits per heavy atom. The molecule has 0 aliphatic heterocycles. The van der Waals surface area contributed by atoms with E-state index in [1.807, 2.05) is 6.07 Å². The monoisotopic (exact) mass is 220 g/mol. The molecule has 0 aliphatic rings.